The van der Waals surface area contributed by atoms with Crippen LogP contribution in [0.2, 0.25) is 0 Å². The van der Waals surface area contributed by atoms with Gasteiger partial charge in [-0.25, -0.2) is 9.37 Å². The molecule has 142 valence electrons. The van der Waals surface area contributed by atoms with Crippen LogP contribution in [0, 0.1) is 5.82 Å². The third-order valence-corrected chi connectivity index (χ3v) is 3.98. The van der Waals surface area contributed by atoms with E-state index in [1.807, 2.05) is 12.1 Å². The van der Waals surface area contributed by atoms with Gasteiger partial charge in [0.1, 0.15) is 12.1 Å². The normalized spacial score (nSPS) is 10.7. The molecule has 27 heavy (non-hydrogen) atoms. The van der Waals surface area contributed by atoms with E-state index in [9.17, 15) is 4.39 Å². The van der Waals surface area contributed by atoms with Gasteiger partial charge in [-0.2, -0.15) is 0 Å². The summed E-state index contributed by atoms with van der Waals surface area (Å²) >= 11 is 0. The summed E-state index contributed by atoms with van der Waals surface area (Å²) in [6.07, 6.45) is 1.56. The Labute approximate surface area is 156 Å². The second-order valence-corrected chi connectivity index (χ2v) is 5.79. The SMILES string of the molecule is COc1cc(CNCc2coc(-c3cccc(F)c3)n2)cc(OC)c1OC. The fraction of sp³-hybridized carbons (Fsp3) is 0.250. The summed E-state index contributed by atoms with van der Waals surface area (Å²) in [7, 11) is 4.73. The number of oxazole rings is 1. The number of rotatable bonds is 8. The Morgan fingerprint density at radius 1 is 1.00 bits per heavy atom. The number of hydrogen-bond acceptors (Lipinski definition) is 6. The zero-order valence-electron chi connectivity index (χ0n) is 15.4. The Balaban J connectivity index is 1.65. The number of aromatic nitrogens is 1. The van der Waals surface area contributed by atoms with Crippen LogP contribution >= 0.6 is 0 Å². The van der Waals surface area contributed by atoms with E-state index in [0.29, 0.717) is 41.8 Å². The lowest BCUT2D eigenvalue weighted by Gasteiger charge is -2.14. The molecule has 1 aromatic heterocycles. The maximum atomic E-state index is 13.3. The quantitative estimate of drug-likeness (QED) is 0.649. The third kappa shape index (κ3) is 4.38. The van der Waals surface area contributed by atoms with Crippen LogP contribution in [0.5, 0.6) is 17.2 Å². The number of hydrogen-bond donors (Lipinski definition) is 1. The number of nitrogens with one attached hydrogen (secondary N) is 1. The van der Waals surface area contributed by atoms with Crippen LogP contribution in [0.25, 0.3) is 11.5 Å². The van der Waals surface area contributed by atoms with Crippen LogP contribution in [0.4, 0.5) is 4.39 Å². The van der Waals surface area contributed by atoms with Gasteiger partial charge >= 0.3 is 0 Å². The van der Waals surface area contributed by atoms with Crippen LogP contribution in [0.1, 0.15) is 11.3 Å². The van der Waals surface area contributed by atoms with E-state index in [1.54, 1.807) is 39.7 Å². The number of benzene rings is 2. The number of nitrogens with zero attached hydrogens (tertiary/aromatic N) is 1. The molecule has 2 aromatic carbocycles. The molecule has 1 heterocycles. The maximum absolute atomic E-state index is 13.3. The van der Waals surface area contributed by atoms with Crippen LogP contribution in [-0.4, -0.2) is 26.3 Å². The van der Waals surface area contributed by atoms with E-state index in [-0.39, 0.29) is 5.82 Å². The topological polar surface area (TPSA) is 65.8 Å². The summed E-state index contributed by atoms with van der Waals surface area (Å²) < 4.78 is 34.8. The van der Waals surface area contributed by atoms with E-state index >= 15 is 0 Å². The number of ether oxygens (including phenoxy) is 3. The Bertz CT molecular complexity index is 885. The molecule has 0 unspecified atom stereocenters. The Morgan fingerprint density at radius 3 is 2.37 bits per heavy atom. The van der Waals surface area contributed by atoms with Gasteiger partial charge in [-0.3, -0.25) is 0 Å². The van der Waals surface area contributed by atoms with Gasteiger partial charge in [0.25, 0.3) is 0 Å². The molecule has 6 nitrogen and oxygen atoms in total. The molecule has 0 saturated heterocycles. The predicted molar refractivity (Wildman–Crippen MR) is 98.5 cm³/mol. The number of methoxy groups -OCH3 is 3. The van der Waals surface area contributed by atoms with Crippen molar-refractivity contribution in [2.75, 3.05) is 21.3 Å². The lowest BCUT2D eigenvalue weighted by molar-refractivity contribution is 0.323. The van der Waals surface area contributed by atoms with Crippen molar-refractivity contribution in [1.82, 2.24) is 10.3 Å². The van der Waals surface area contributed by atoms with Crippen molar-refractivity contribution in [2.24, 2.45) is 0 Å². The molecule has 0 saturated carbocycles. The lowest BCUT2D eigenvalue weighted by Crippen LogP contribution is -2.13. The van der Waals surface area contributed by atoms with Crippen molar-refractivity contribution < 1.29 is 23.0 Å². The zero-order chi connectivity index (χ0) is 19.2. The maximum Gasteiger partial charge on any atom is 0.226 e. The fourth-order valence-corrected chi connectivity index (χ4v) is 2.71. The van der Waals surface area contributed by atoms with Gasteiger partial charge in [0.15, 0.2) is 11.5 Å². The largest absolute Gasteiger partial charge is 0.493 e. The molecule has 7 heteroatoms. The highest BCUT2D eigenvalue weighted by Gasteiger charge is 2.13. The molecule has 3 aromatic rings. The van der Waals surface area contributed by atoms with E-state index < -0.39 is 0 Å². The van der Waals surface area contributed by atoms with Crippen molar-refractivity contribution in [3.8, 4) is 28.7 Å². The van der Waals surface area contributed by atoms with Gasteiger partial charge in [-0.1, -0.05) is 6.07 Å². The van der Waals surface area contributed by atoms with Gasteiger partial charge in [0, 0.05) is 18.7 Å². The summed E-state index contributed by atoms with van der Waals surface area (Å²) in [6.45, 7) is 1.06. The molecule has 0 spiro atoms. The van der Waals surface area contributed by atoms with E-state index in [4.69, 9.17) is 18.6 Å². The van der Waals surface area contributed by atoms with Crippen molar-refractivity contribution in [2.45, 2.75) is 13.1 Å². The molecule has 0 atom stereocenters. The molecule has 3 rings (SSSR count). The lowest BCUT2D eigenvalue weighted by atomic mass is 10.1. The highest BCUT2D eigenvalue weighted by Crippen LogP contribution is 2.38. The first kappa shape index (κ1) is 18.7. The minimum absolute atomic E-state index is 0.326. The molecule has 0 aliphatic carbocycles. The smallest absolute Gasteiger partial charge is 0.226 e. The minimum Gasteiger partial charge on any atom is -0.493 e. The highest BCUT2D eigenvalue weighted by atomic mass is 19.1. The Morgan fingerprint density at radius 2 is 1.74 bits per heavy atom. The van der Waals surface area contributed by atoms with Crippen molar-refractivity contribution in [3.05, 3.63) is 59.7 Å². The molecule has 0 aliphatic rings. The van der Waals surface area contributed by atoms with Gasteiger partial charge < -0.3 is 23.9 Å². The second kappa shape index (κ2) is 8.55. The standard InChI is InChI=1S/C20H21FN2O4/c1-24-17-7-13(8-18(25-2)19(17)26-3)10-22-11-16-12-27-20(23-16)14-5-4-6-15(21)9-14/h4-9,12,22H,10-11H2,1-3H3. The van der Waals surface area contributed by atoms with E-state index in [1.165, 1.54) is 12.1 Å². The molecular formula is C20H21FN2O4. The van der Waals surface area contributed by atoms with E-state index in [2.05, 4.69) is 10.3 Å². The molecular weight excluding hydrogens is 351 g/mol. The van der Waals surface area contributed by atoms with Gasteiger partial charge in [0.2, 0.25) is 11.6 Å². The van der Waals surface area contributed by atoms with Gasteiger partial charge in [-0.05, 0) is 35.9 Å². The van der Waals surface area contributed by atoms with Crippen LogP contribution in [0.3, 0.4) is 0 Å². The van der Waals surface area contributed by atoms with Crippen LogP contribution < -0.4 is 19.5 Å². The minimum atomic E-state index is -0.326. The first-order chi connectivity index (χ1) is 13.1. The first-order valence-electron chi connectivity index (χ1n) is 8.34. The summed E-state index contributed by atoms with van der Waals surface area (Å²) in [6, 6.07) is 9.91. The summed E-state index contributed by atoms with van der Waals surface area (Å²) in [5.74, 6) is 1.82. The number of halogens is 1. The first-order valence-corrected chi connectivity index (χ1v) is 8.34. The fourth-order valence-electron chi connectivity index (χ4n) is 2.71. The Hall–Kier alpha value is -3.06. The van der Waals surface area contributed by atoms with Crippen molar-refractivity contribution >= 4 is 0 Å². The summed E-state index contributed by atoms with van der Waals surface area (Å²) in [4.78, 5) is 4.38. The Kier molecular flexibility index (Phi) is 5.93. The monoisotopic (exact) mass is 372 g/mol. The molecule has 1 N–H and O–H groups in total. The van der Waals surface area contributed by atoms with Crippen molar-refractivity contribution in [1.29, 1.82) is 0 Å². The molecule has 0 radical (unpaired) electrons. The van der Waals surface area contributed by atoms with Crippen LogP contribution in [0.15, 0.2) is 47.1 Å². The van der Waals surface area contributed by atoms with Crippen molar-refractivity contribution in [3.63, 3.8) is 0 Å². The van der Waals surface area contributed by atoms with Gasteiger partial charge in [-0.15, -0.1) is 0 Å². The van der Waals surface area contributed by atoms with Crippen LogP contribution in [-0.2, 0) is 13.1 Å². The average molecular weight is 372 g/mol. The third-order valence-electron chi connectivity index (χ3n) is 3.98. The van der Waals surface area contributed by atoms with E-state index in [0.717, 1.165) is 11.3 Å². The second-order valence-electron chi connectivity index (χ2n) is 5.79. The predicted octanol–water partition coefficient (Wildman–Crippen LogP) is 3.80. The average Bonchev–Trinajstić information content (AvgIpc) is 3.16. The van der Waals surface area contributed by atoms with Gasteiger partial charge in [0.05, 0.1) is 27.0 Å². The molecule has 0 fully saturated rings. The molecule has 0 aliphatic heterocycles. The summed E-state index contributed by atoms with van der Waals surface area (Å²) in [5.41, 5.74) is 2.30. The molecule has 0 bridgehead atoms. The zero-order valence-corrected chi connectivity index (χ0v) is 15.4. The summed E-state index contributed by atoms with van der Waals surface area (Å²) in [5, 5.41) is 3.29. The highest BCUT2D eigenvalue weighted by molar-refractivity contribution is 5.54. The molecule has 0 amide bonds.